The Kier molecular flexibility index (Phi) is 5.42. The van der Waals surface area contributed by atoms with E-state index in [2.05, 4.69) is 37.2 Å². The summed E-state index contributed by atoms with van der Waals surface area (Å²) in [5, 5.41) is 11.8. The van der Waals surface area contributed by atoms with Gasteiger partial charge in [0.25, 0.3) is 0 Å². The molecule has 1 aromatic rings. The molecule has 0 heterocycles. The van der Waals surface area contributed by atoms with Gasteiger partial charge in [0.1, 0.15) is 9.65 Å². The third kappa shape index (κ3) is 4.29. The fourth-order valence-electron chi connectivity index (χ4n) is 1.04. The van der Waals surface area contributed by atoms with Crippen molar-refractivity contribution in [3.63, 3.8) is 0 Å². The zero-order valence-corrected chi connectivity index (χ0v) is 12.3. The highest BCUT2D eigenvalue weighted by molar-refractivity contribution is 9.12. The lowest BCUT2D eigenvalue weighted by Gasteiger charge is -2.13. The van der Waals surface area contributed by atoms with Crippen LogP contribution < -0.4 is 5.32 Å². The van der Waals surface area contributed by atoms with Crippen molar-refractivity contribution in [3.05, 3.63) is 29.3 Å². The van der Waals surface area contributed by atoms with E-state index < -0.39 is 21.5 Å². The highest BCUT2D eigenvalue weighted by Crippen LogP contribution is 2.19. The maximum Gasteiger partial charge on any atom is 0.318 e. The maximum atomic E-state index is 11.7. The van der Waals surface area contributed by atoms with E-state index in [0.29, 0.717) is 10.7 Å². The van der Waals surface area contributed by atoms with E-state index in [1.54, 1.807) is 24.3 Å². The van der Waals surface area contributed by atoms with Gasteiger partial charge in [0, 0.05) is 10.7 Å². The molecular formula is C10H8Br2ClNO3. The molecule has 0 aromatic heterocycles. The number of carbonyl (C=O) groups excluding carboxylic acids is 1. The predicted octanol–water partition coefficient (Wildman–Crippen LogP) is 2.89. The van der Waals surface area contributed by atoms with Gasteiger partial charge in [-0.15, -0.1) is 0 Å². The number of hydrogen-bond donors (Lipinski definition) is 2. The average Bonchev–Trinajstić information content (AvgIpc) is 2.26. The van der Waals surface area contributed by atoms with E-state index in [1.165, 1.54) is 0 Å². The van der Waals surface area contributed by atoms with Crippen LogP contribution in [0.1, 0.15) is 0 Å². The Morgan fingerprint density at radius 1 is 1.29 bits per heavy atom. The number of carbonyl (C=O) groups is 2. The highest BCUT2D eigenvalue weighted by atomic mass is 79.9. The lowest BCUT2D eigenvalue weighted by Crippen LogP contribution is -2.34. The summed E-state index contributed by atoms with van der Waals surface area (Å²) >= 11 is 11.7. The Morgan fingerprint density at radius 2 is 1.94 bits per heavy atom. The molecule has 0 saturated carbocycles. The van der Waals surface area contributed by atoms with Crippen LogP contribution in [0.3, 0.4) is 0 Å². The Balaban J connectivity index is 2.69. The van der Waals surface area contributed by atoms with Gasteiger partial charge in [0.2, 0.25) is 5.91 Å². The Morgan fingerprint density at radius 3 is 2.47 bits per heavy atom. The monoisotopic (exact) mass is 383 g/mol. The average molecular weight is 385 g/mol. The number of hydrogen-bond acceptors (Lipinski definition) is 2. The van der Waals surface area contributed by atoms with E-state index in [9.17, 15) is 9.59 Å². The first-order valence-corrected chi connectivity index (χ1v) is 6.70. The fraction of sp³-hybridized carbons (Fsp3) is 0.200. The van der Waals surface area contributed by atoms with Crippen molar-refractivity contribution in [3.8, 4) is 0 Å². The zero-order valence-electron chi connectivity index (χ0n) is 8.36. The molecule has 4 nitrogen and oxygen atoms in total. The molecule has 1 aromatic carbocycles. The summed E-state index contributed by atoms with van der Waals surface area (Å²) in [6.45, 7) is 0. The molecule has 0 unspecified atom stereocenters. The molecule has 1 amide bonds. The van der Waals surface area contributed by atoms with Gasteiger partial charge < -0.3 is 10.4 Å². The molecule has 2 N–H and O–H groups in total. The number of halogens is 3. The van der Waals surface area contributed by atoms with Crippen LogP contribution in [0.5, 0.6) is 0 Å². The molecular weight excluding hydrogens is 377 g/mol. The first-order chi connectivity index (χ1) is 7.91. The van der Waals surface area contributed by atoms with E-state index in [4.69, 9.17) is 16.7 Å². The molecule has 0 fully saturated rings. The summed E-state index contributed by atoms with van der Waals surface area (Å²) in [5.74, 6) is -1.58. The Hall–Kier alpha value is -0.590. The van der Waals surface area contributed by atoms with Gasteiger partial charge in [-0.3, -0.25) is 9.59 Å². The van der Waals surface area contributed by atoms with Gasteiger partial charge >= 0.3 is 5.97 Å². The quantitative estimate of drug-likeness (QED) is 0.784. The third-order valence-corrected chi connectivity index (χ3v) is 4.64. The van der Waals surface area contributed by atoms with Crippen LogP contribution in [0.15, 0.2) is 24.3 Å². The minimum atomic E-state index is -1.12. The van der Waals surface area contributed by atoms with Gasteiger partial charge in [0.05, 0.1) is 0 Å². The van der Waals surface area contributed by atoms with Crippen molar-refractivity contribution in [1.82, 2.24) is 0 Å². The van der Waals surface area contributed by atoms with Crippen molar-refractivity contribution < 1.29 is 14.7 Å². The second-order valence-electron chi connectivity index (χ2n) is 3.14. The molecule has 0 aliphatic heterocycles. The number of carboxylic acids is 1. The van der Waals surface area contributed by atoms with E-state index in [1.807, 2.05) is 0 Å². The summed E-state index contributed by atoms with van der Waals surface area (Å²) in [6, 6.07) is 6.59. The van der Waals surface area contributed by atoms with Crippen molar-refractivity contribution >= 4 is 61.0 Å². The van der Waals surface area contributed by atoms with Gasteiger partial charge in [0.15, 0.2) is 0 Å². The van der Waals surface area contributed by atoms with Crippen LogP contribution in [-0.4, -0.2) is 26.6 Å². The number of benzene rings is 1. The van der Waals surface area contributed by atoms with Crippen LogP contribution in [0.25, 0.3) is 0 Å². The van der Waals surface area contributed by atoms with Gasteiger partial charge in [-0.25, -0.2) is 0 Å². The second-order valence-corrected chi connectivity index (χ2v) is 5.55. The molecule has 92 valence electrons. The highest BCUT2D eigenvalue weighted by Gasteiger charge is 2.29. The molecule has 7 heteroatoms. The molecule has 0 aliphatic carbocycles. The van der Waals surface area contributed by atoms with Crippen LogP contribution in [0, 0.1) is 0 Å². The van der Waals surface area contributed by atoms with Crippen LogP contribution in [-0.2, 0) is 9.59 Å². The topological polar surface area (TPSA) is 66.4 Å². The standard InChI is InChI=1S/C10H8Br2ClNO3/c11-7(8(12)10(16)17)9(15)14-6-3-1-2-5(13)4-6/h1-4,7-8H,(H,14,15)(H,16,17)/t7-,8-/m1/s1. The fourth-order valence-corrected chi connectivity index (χ4v) is 1.81. The summed E-state index contributed by atoms with van der Waals surface area (Å²) in [7, 11) is 0. The predicted molar refractivity (Wildman–Crippen MR) is 73.1 cm³/mol. The number of aliphatic carboxylic acids is 1. The Labute approximate surface area is 120 Å². The minimum absolute atomic E-state index is 0.462. The lowest BCUT2D eigenvalue weighted by molar-refractivity contribution is -0.137. The molecule has 1 rings (SSSR count). The SMILES string of the molecule is O=C(O)[C@H](Br)[C@@H](Br)C(=O)Nc1cccc(Cl)c1. The first-order valence-electron chi connectivity index (χ1n) is 4.49. The molecule has 0 saturated heterocycles. The van der Waals surface area contributed by atoms with Crippen LogP contribution in [0.4, 0.5) is 5.69 Å². The molecule has 17 heavy (non-hydrogen) atoms. The molecule has 0 bridgehead atoms. The summed E-state index contributed by atoms with van der Waals surface area (Å²) < 4.78 is 0. The van der Waals surface area contributed by atoms with E-state index in [0.717, 1.165) is 0 Å². The van der Waals surface area contributed by atoms with Crippen molar-refractivity contribution in [2.45, 2.75) is 9.65 Å². The number of anilines is 1. The summed E-state index contributed by atoms with van der Waals surface area (Å²) in [6.07, 6.45) is 0. The van der Waals surface area contributed by atoms with Crippen LogP contribution in [0.2, 0.25) is 5.02 Å². The molecule has 0 aliphatic rings. The zero-order chi connectivity index (χ0) is 13.0. The second kappa shape index (κ2) is 6.37. The maximum absolute atomic E-state index is 11.7. The molecule has 0 radical (unpaired) electrons. The van der Waals surface area contributed by atoms with E-state index in [-0.39, 0.29) is 0 Å². The molecule has 0 spiro atoms. The lowest BCUT2D eigenvalue weighted by atomic mass is 10.2. The molecule has 2 atom stereocenters. The van der Waals surface area contributed by atoms with Crippen molar-refractivity contribution in [2.24, 2.45) is 0 Å². The Bertz CT molecular complexity index is 441. The number of rotatable bonds is 4. The van der Waals surface area contributed by atoms with Crippen molar-refractivity contribution in [2.75, 3.05) is 5.32 Å². The normalized spacial score (nSPS) is 13.8. The minimum Gasteiger partial charge on any atom is -0.480 e. The van der Waals surface area contributed by atoms with Crippen molar-refractivity contribution in [1.29, 1.82) is 0 Å². The number of carboxylic acid groups (broad SMARTS) is 1. The first kappa shape index (κ1) is 14.5. The van der Waals surface area contributed by atoms with Gasteiger partial charge in [-0.1, -0.05) is 49.5 Å². The van der Waals surface area contributed by atoms with Gasteiger partial charge in [-0.2, -0.15) is 0 Å². The number of nitrogens with one attached hydrogen (secondary N) is 1. The summed E-state index contributed by atoms with van der Waals surface area (Å²) in [4.78, 5) is 20.5. The number of alkyl halides is 2. The number of amides is 1. The van der Waals surface area contributed by atoms with Gasteiger partial charge in [-0.05, 0) is 18.2 Å². The van der Waals surface area contributed by atoms with E-state index >= 15 is 0 Å². The summed E-state index contributed by atoms with van der Waals surface area (Å²) in [5.41, 5.74) is 0.511. The smallest absolute Gasteiger partial charge is 0.318 e. The third-order valence-electron chi connectivity index (χ3n) is 1.84. The van der Waals surface area contributed by atoms with Crippen LogP contribution >= 0.6 is 43.5 Å². The largest absolute Gasteiger partial charge is 0.480 e.